The normalized spacial score (nSPS) is 12.1. The molecule has 7 nitrogen and oxygen atoms in total. The molecular weight excluding hydrogens is 533 g/mol. The second kappa shape index (κ2) is 12.0. The Labute approximate surface area is 228 Å². The minimum absolute atomic E-state index is 0.0242. The highest BCUT2D eigenvalue weighted by atomic mass is 35.5. The number of hydrogen-bond donors (Lipinski definition) is 1. The van der Waals surface area contributed by atoms with Crippen LogP contribution in [0, 0.1) is 13.8 Å². The van der Waals surface area contributed by atoms with E-state index < -0.39 is 34.4 Å². The fourth-order valence-corrected chi connectivity index (χ4v) is 5.76. The van der Waals surface area contributed by atoms with Gasteiger partial charge in [-0.05, 0) is 62.2 Å². The third kappa shape index (κ3) is 6.63. The van der Waals surface area contributed by atoms with Crippen molar-refractivity contribution in [3.8, 4) is 0 Å². The fourth-order valence-electron chi connectivity index (χ4n) is 3.94. The van der Waals surface area contributed by atoms with Crippen LogP contribution in [0.4, 0.5) is 5.69 Å². The molecule has 0 aromatic heterocycles. The van der Waals surface area contributed by atoms with Gasteiger partial charge in [-0.15, -0.1) is 0 Å². The lowest BCUT2D eigenvalue weighted by Crippen LogP contribution is -2.50. The summed E-state index contributed by atoms with van der Waals surface area (Å²) in [6.07, 6.45) is 0. The molecule has 0 aliphatic heterocycles. The number of rotatable bonds is 9. The molecule has 196 valence electrons. The van der Waals surface area contributed by atoms with Gasteiger partial charge in [-0.3, -0.25) is 13.9 Å². The average molecular weight is 563 g/mol. The van der Waals surface area contributed by atoms with Crippen molar-refractivity contribution >= 4 is 50.7 Å². The zero-order valence-electron chi connectivity index (χ0n) is 21.0. The first-order chi connectivity index (χ1) is 17.4. The molecular formula is C27H29Cl2N3O4S. The standard InChI is InChI=1S/C27H29Cl2N3O4S/c1-18-10-13-25(19(2)14-18)32(37(35,36)22-8-6-5-7-9-22)17-26(33)31(20(3)27(34)30-4)16-21-11-12-23(28)24(29)15-21/h5-15,20H,16-17H2,1-4H3,(H,30,34). The van der Waals surface area contributed by atoms with E-state index in [1.807, 2.05) is 13.0 Å². The van der Waals surface area contributed by atoms with Gasteiger partial charge in [0.15, 0.2) is 0 Å². The summed E-state index contributed by atoms with van der Waals surface area (Å²) in [6, 6.07) is 17.3. The van der Waals surface area contributed by atoms with Gasteiger partial charge in [-0.2, -0.15) is 0 Å². The van der Waals surface area contributed by atoms with E-state index in [2.05, 4.69) is 5.32 Å². The Morgan fingerprint density at radius 2 is 1.62 bits per heavy atom. The zero-order chi connectivity index (χ0) is 27.3. The number of benzene rings is 3. The van der Waals surface area contributed by atoms with Crippen LogP contribution in [0.15, 0.2) is 71.6 Å². The summed E-state index contributed by atoms with van der Waals surface area (Å²) in [5.41, 5.74) is 2.68. The number of hydrogen-bond acceptors (Lipinski definition) is 4. The van der Waals surface area contributed by atoms with Crippen LogP contribution in [-0.4, -0.2) is 44.8 Å². The van der Waals surface area contributed by atoms with Gasteiger partial charge in [0.2, 0.25) is 11.8 Å². The summed E-state index contributed by atoms with van der Waals surface area (Å²) < 4.78 is 28.6. The van der Waals surface area contributed by atoms with Crippen LogP contribution in [0.1, 0.15) is 23.6 Å². The summed E-state index contributed by atoms with van der Waals surface area (Å²) in [5.74, 6) is -0.945. The van der Waals surface area contributed by atoms with Crippen molar-refractivity contribution in [2.45, 2.75) is 38.3 Å². The van der Waals surface area contributed by atoms with Crippen molar-refractivity contribution in [3.05, 3.63) is 93.5 Å². The van der Waals surface area contributed by atoms with Crippen LogP contribution in [-0.2, 0) is 26.2 Å². The minimum atomic E-state index is -4.11. The van der Waals surface area contributed by atoms with Crippen LogP contribution >= 0.6 is 23.2 Å². The Morgan fingerprint density at radius 3 is 2.22 bits per heavy atom. The van der Waals surface area contributed by atoms with Crippen LogP contribution in [0.25, 0.3) is 0 Å². The van der Waals surface area contributed by atoms with E-state index in [1.165, 1.54) is 24.1 Å². The van der Waals surface area contributed by atoms with Gasteiger partial charge in [0.1, 0.15) is 12.6 Å². The first-order valence-electron chi connectivity index (χ1n) is 11.6. The third-order valence-corrected chi connectivity index (χ3v) is 8.49. The zero-order valence-corrected chi connectivity index (χ0v) is 23.4. The SMILES string of the molecule is CNC(=O)C(C)N(Cc1ccc(Cl)c(Cl)c1)C(=O)CN(c1ccc(C)cc1C)S(=O)(=O)c1ccccc1. The summed E-state index contributed by atoms with van der Waals surface area (Å²) in [6.45, 7) is 4.80. The molecule has 2 amide bonds. The topological polar surface area (TPSA) is 86.8 Å². The molecule has 3 rings (SSSR count). The monoisotopic (exact) mass is 561 g/mol. The van der Waals surface area contributed by atoms with Crippen LogP contribution < -0.4 is 9.62 Å². The molecule has 0 bridgehead atoms. The first-order valence-corrected chi connectivity index (χ1v) is 13.7. The molecule has 0 aliphatic rings. The number of nitrogens with zero attached hydrogens (tertiary/aromatic N) is 2. The lowest BCUT2D eigenvalue weighted by atomic mass is 10.1. The molecule has 0 spiro atoms. The first kappa shape index (κ1) is 28.5. The summed E-state index contributed by atoms with van der Waals surface area (Å²) in [7, 11) is -2.63. The predicted molar refractivity (Wildman–Crippen MR) is 147 cm³/mol. The number of sulfonamides is 1. The lowest BCUT2D eigenvalue weighted by Gasteiger charge is -2.32. The van der Waals surface area contributed by atoms with E-state index in [0.29, 0.717) is 26.9 Å². The van der Waals surface area contributed by atoms with Gasteiger partial charge in [0, 0.05) is 13.6 Å². The number of halogens is 2. The Kier molecular flexibility index (Phi) is 9.23. The number of carbonyl (C=O) groups is 2. The highest BCUT2D eigenvalue weighted by Crippen LogP contribution is 2.29. The smallest absolute Gasteiger partial charge is 0.264 e. The van der Waals surface area contributed by atoms with E-state index in [-0.39, 0.29) is 11.4 Å². The van der Waals surface area contributed by atoms with E-state index >= 15 is 0 Å². The van der Waals surface area contributed by atoms with Gasteiger partial charge in [-0.1, -0.05) is 65.2 Å². The van der Waals surface area contributed by atoms with Gasteiger partial charge in [0.25, 0.3) is 10.0 Å². The Balaban J connectivity index is 2.06. The quantitative estimate of drug-likeness (QED) is 0.399. The van der Waals surface area contributed by atoms with Crippen LogP contribution in [0.2, 0.25) is 10.0 Å². The summed E-state index contributed by atoms with van der Waals surface area (Å²) in [5, 5.41) is 3.22. The molecule has 1 N–H and O–H groups in total. The van der Waals surface area contributed by atoms with Crippen molar-refractivity contribution in [1.29, 1.82) is 0 Å². The molecule has 0 saturated heterocycles. The largest absolute Gasteiger partial charge is 0.357 e. The molecule has 0 fully saturated rings. The minimum Gasteiger partial charge on any atom is -0.357 e. The second-order valence-electron chi connectivity index (χ2n) is 8.67. The Bertz CT molecular complexity index is 1400. The van der Waals surface area contributed by atoms with Gasteiger partial charge >= 0.3 is 0 Å². The van der Waals surface area contributed by atoms with E-state index in [1.54, 1.807) is 62.4 Å². The number of amides is 2. The molecule has 0 aliphatic carbocycles. The third-order valence-electron chi connectivity index (χ3n) is 5.98. The van der Waals surface area contributed by atoms with Crippen molar-refractivity contribution in [2.24, 2.45) is 0 Å². The fraction of sp³-hybridized carbons (Fsp3) is 0.259. The summed E-state index contributed by atoms with van der Waals surface area (Å²) >= 11 is 12.2. The number of carbonyl (C=O) groups excluding carboxylic acids is 2. The maximum atomic E-state index is 13.8. The highest BCUT2D eigenvalue weighted by Gasteiger charge is 2.32. The van der Waals surface area contributed by atoms with Gasteiger partial charge < -0.3 is 10.2 Å². The van der Waals surface area contributed by atoms with E-state index in [0.717, 1.165) is 9.87 Å². The van der Waals surface area contributed by atoms with Gasteiger partial charge in [0.05, 0.1) is 20.6 Å². The number of anilines is 1. The van der Waals surface area contributed by atoms with Crippen molar-refractivity contribution in [3.63, 3.8) is 0 Å². The van der Waals surface area contributed by atoms with Crippen LogP contribution in [0.3, 0.4) is 0 Å². The molecule has 1 unspecified atom stereocenters. The Morgan fingerprint density at radius 1 is 0.946 bits per heavy atom. The van der Waals surface area contributed by atoms with E-state index in [9.17, 15) is 18.0 Å². The molecule has 3 aromatic rings. The molecule has 10 heteroatoms. The predicted octanol–water partition coefficient (Wildman–Crippen LogP) is 4.97. The average Bonchev–Trinajstić information content (AvgIpc) is 2.87. The van der Waals surface area contributed by atoms with Crippen molar-refractivity contribution in [2.75, 3.05) is 17.9 Å². The molecule has 0 heterocycles. The maximum Gasteiger partial charge on any atom is 0.264 e. The Hall–Kier alpha value is -3.07. The summed E-state index contributed by atoms with van der Waals surface area (Å²) in [4.78, 5) is 27.7. The molecule has 0 radical (unpaired) electrons. The molecule has 3 aromatic carbocycles. The highest BCUT2D eigenvalue weighted by molar-refractivity contribution is 7.92. The van der Waals surface area contributed by atoms with E-state index in [4.69, 9.17) is 23.2 Å². The van der Waals surface area contributed by atoms with Crippen molar-refractivity contribution in [1.82, 2.24) is 10.2 Å². The lowest BCUT2D eigenvalue weighted by molar-refractivity contribution is -0.139. The number of likely N-dealkylation sites (N-methyl/N-ethyl adjacent to an activating group) is 1. The maximum absolute atomic E-state index is 13.8. The second-order valence-corrected chi connectivity index (χ2v) is 11.4. The number of nitrogens with one attached hydrogen (secondary N) is 1. The molecule has 37 heavy (non-hydrogen) atoms. The van der Waals surface area contributed by atoms with Crippen LogP contribution in [0.5, 0.6) is 0 Å². The molecule has 1 atom stereocenters. The van der Waals surface area contributed by atoms with Gasteiger partial charge in [-0.25, -0.2) is 8.42 Å². The molecule has 0 saturated carbocycles. The number of aryl methyl sites for hydroxylation is 2. The van der Waals surface area contributed by atoms with Crippen molar-refractivity contribution < 1.29 is 18.0 Å².